The molecule has 1 nitrogen and oxygen atoms in total. The molecule has 0 N–H and O–H groups in total. The molecule has 0 saturated heterocycles. The molecular weight excluding hydrogens is 177 g/mol. The maximum Gasteiger partial charge on any atom is 0.0940 e. The van der Waals surface area contributed by atoms with Gasteiger partial charge in [0.05, 0.1) is 7.43 Å². The minimum atomic E-state index is -0.629. The lowest BCUT2D eigenvalue weighted by atomic mass is 10.4. The Hall–Kier alpha value is -0.100. The van der Waals surface area contributed by atoms with Crippen molar-refractivity contribution in [1.82, 2.24) is 4.67 Å². The van der Waals surface area contributed by atoms with Crippen LogP contribution in [-0.2, 0) is 0 Å². The summed E-state index contributed by atoms with van der Waals surface area (Å²) >= 11 is 6.13. The second kappa shape index (κ2) is 4.06. The third-order valence-corrected chi connectivity index (χ3v) is 4.24. The van der Waals surface area contributed by atoms with E-state index in [0.29, 0.717) is 0 Å². The molecule has 0 aliphatic carbocycles. The topological polar surface area (TPSA) is 3.24 Å². The normalized spacial score (nSPS) is 13.5. The second-order valence-electron chi connectivity index (χ2n) is 2.44. The minimum Gasteiger partial charge on any atom is -0.272 e. The average Bonchev–Trinajstić information content (AvgIpc) is 2.05. The van der Waals surface area contributed by atoms with Gasteiger partial charge >= 0.3 is 0 Å². The van der Waals surface area contributed by atoms with E-state index in [1.165, 1.54) is 5.30 Å². The maximum absolute atomic E-state index is 6.13. The standard InChI is InChI=1S/C8H11ClNP/c1-10(2)11(9)8-6-4-3-5-7-8/h3-7H,1-2H3. The number of benzene rings is 1. The lowest BCUT2D eigenvalue weighted by Crippen LogP contribution is -2.09. The molecule has 1 atom stereocenters. The highest BCUT2D eigenvalue weighted by Crippen LogP contribution is 2.41. The van der Waals surface area contributed by atoms with Crippen LogP contribution >= 0.6 is 18.7 Å². The highest BCUT2D eigenvalue weighted by atomic mass is 35.7. The van der Waals surface area contributed by atoms with Crippen molar-refractivity contribution in [2.24, 2.45) is 0 Å². The van der Waals surface area contributed by atoms with E-state index in [0.717, 1.165) is 0 Å². The van der Waals surface area contributed by atoms with Crippen LogP contribution in [0, 0.1) is 0 Å². The average molecular weight is 188 g/mol. The van der Waals surface area contributed by atoms with Gasteiger partial charge in [-0.15, -0.1) is 0 Å². The Labute approximate surface area is 73.6 Å². The molecule has 1 unspecified atom stereocenters. The zero-order valence-electron chi connectivity index (χ0n) is 6.66. The van der Waals surface area contributed by atoms with E-state index in [4.69, 9.17) is 11.2 Å². The molecule has 0 radical (unpaired) electrons. The largest absolute Gasteiger partial charge is 0.272 e. The van der Waals surface area contributed by atoms with E-state index in [1.807, 2.05) is 37.0 Å². The Balaban J connectivity index is 2.77. The summed E-state index contributed by atoms with van der Waals surface area (Å²) in [5.41, 5.74) is 0. The summed E-state index contributed by atoms with van der Waals surface area (Å²) < 4.78 is 2.03. The number of nitrogens with zero attached hydrogens (tertiary/aromatic N) is 1. The van der Waals surface area contributed by atoms with Gasteiger partial charge in [-0.25, -0.2) is 0 Å². The van der Waals surface area contributed by atoms with Crippen molar-refractivity contribution in [3.63, 3.8) is 0 Å². The van der Waals surface area contributed by atoms with E-state index >= 15 is 0 Å². The van der Waals surface area contributed by atoms with Gasteiger partial charge in [-0.3, -0.25) is 4.67 Å². The summed E-state index contributed by atoms with van der Waals surface area (Å²) in [6.07, 6.45) is 0. The van der Waals surface area contributed by atoms with Crippen LogP contribution in [0.3, 0.4) is 0 Å². The molecule has 0 aliphatic heterocycles. The molecule has 0 spiro atoms. The fraction of sp³-hybridized carbons (Fsp3) is 0.250. The molecule has 11 heavy (non-hydrogen) atoms. The van der Waals surface area contributed by atoms with Gasteiger partial charge in [0.25, 0.3) is 0 Å². The summed E-state index contributed by atoms with van der Waals surface area (Å²) in [4.78, 5) is 0. The first kappa shape index (κ1) is 8.99. The zero-order chi connectivity index (χ0) is 8.27. The number of rotatable bonds is 2. The molecule has 0 aliphatic rings. The third-order valence-electron chi connectivity index (χ3n) is 1.32. The summed E-state index contributed by atoms with van der Waals surface area (Å²) in [5.74, 6) is 0. The van der Waals surface area contributed by atoms with Crippen molar-refractivity contribution in [3.8, 4) is 0 Å². The summed E-state index contributed by atoms with van der Waals surface area (Å²) in [5, 5.41) is 1.20. The number of halogens is 1. The Morgan fingerprint density at radius 3 is 2.18 bits per heavy atom. The summed E-state index contributed by atoms with van der Waals surface area (Å²) in [6.45, 7) is 0. The van der Waals surface area contributed by atoms with Gasteiger partial charge in [0.1, 0.15) is 0 Å². The minimum absolute atomic E-state index is 0.629. The first-order valence-corrected chi connectivity index (χ1v) is 5.60. The molecule has 0 heterocycles. The van der Waals surface area contributed by atoms with Gasteiger partial charge in [0, 0.05) is 5.30 Å². The molecule has 3 heteroatoms. The smallest absolute Gasteiger partial charge is 0.0940 e. The van der Waals surface area contributed by atoms with Crippen molar-refractivity contribution in [3.05, 3.63) is 30.3 Å². The van der Waals surface area contributed by atoms with E-state index in [1.54, 1.807) is 0 Å². The highest BCUT2D eigenvalue weighted by Gasteiger charge is 2.08. The highest BCUT2D eigenvalue weighted by molar-refractivity contribution is 7.88. The van der Waals surface area contributed by atoms with Gasteiger partial charge in [-0.1, -0.05) is 41.6 Å². The maximum atomic E-state index is 6.13. The molecule has 0 saturated carbocycles. The first-order valence-electron chi connectivity index (χ1n) is 3.40. The molecular formula is C8H11ClNP. The molecule has 60 valence electrons. The molecule has 0 aromatic heterocycles. The lowest BCUT2D eigenvalue weighted by molar-refractivity contribution is 0.693. The van der Waals surface area contributed by atoms with Crippen LogP contribution in [0.25, 0.3) is 0 Å². The molecule has 0 bridgehead atoms. The van der Waals surface area contributed by atoms with Crippen LogP contribution in [0.4, 0.5) is 0 Å². The second-order valence-corrected chi connectivity index (χ2v) is 5.24. The van der Waals surface area contributed by atoms with Crippen molar-refractivity contribution >= 4 is 24.0 Å². The van der Waals surface area contributed by atoms with E-state index in [-0.39, 0.29) is 0 Å². The fourth-order valence-electron chi connectivity index (χ4n) is 0.782. The van der Waals surface area contributed by atoms with Crippen molar-refractivity contribution in [2.75, 3.05) is 14.1 Å². The van der Waals surface area contributed by atoms with E-state index < -0.39 is 7.43 Å². The van der Waals surface area contributed by atoms with Gasteiger partial charge < -0.3 is 0 Å². The van der Waals surface area contributed by atoms with Gasteiger partial charge in [0.2, 0.25) is 0 Å². The summed E-state index contributed by atoms with van der Waals surface area (Å²) in [7, 11) is 3.35. The van der Waals surface area contributed by atoms with Crippen LogP contribution < -0.4 is 5.30 Å². The molecule has 1 aromatic carbocycles. The molecule has 0 fully saturated rings. The van der Waals surface area contributed by atoms with E-state index in [2.05, 4.69) is 12.1 Å². The van der Waals surface area contributed by atoms with Gasteiger partial charge in [-0.2, -0.15) is 0 Å². The quantitative estimate of drug-likeness (QED) is 0.643. The first-order chi connectivity index (χ1) is 5.22. The molecule has 1 rings (SSSR count). The van der Waals surface area contributed by atoms with Crippen LogP contribution in [0.2, 0.25) is 0 Å². The fourth-order valence-corrected chi connectivity index (χ4v) is 2.00. The molecule has 1 aromatic rings. The zero-order valence-corrected chi connectivity index (χ0v) is 8.31. The Morgan fingerprint density at radius 1 is 1.18 bits per heavy atom. The Bertz CT molecular complexity index is 213. The van der Waals surface area contributed by atoms with Gasteiger partial charge in [-0.05, 0) is 14.1 Å². The Morgan fingerprint density at radius 2 is 1.73 bits per heavy atom. The van der Waals surface area contributed by atoms with Crippen LogP contribution in [-0.4, -0.2) is 18.8 Å². The summed E-state index contributed by atoms with van der Waals surface area (Å²) in [6, 6.07) is 10.1. The van der Waals surface area contributed by atoms with Crippen molar-refractivity contribution in [2.45, 2.75) is 0 Å². The SMILES string of the molecule is CN(C)P(Cl)c1ccccc1. The van der Waals surface area contributed by atoms with Crippen molar-refractivity contribution < 1.29 is 0 Å². The van der Waals surface area contributed by atoms with Crippen LogP contribution in [0.15, 0.2) is 30.3 Å². The molecule has 0 amide bonds. The predicted molar refractivity (Wildman–Crippen MR) is 52.5 cm³/mol. The third kappa shape index (κ3) is 2.44. The monoisotopic (exact) mass is 187 g/mol. The Kier molecular flexibility index (Phi) is 3.32. The lowest BCUT2D eigenvalue weighted by Gasteiger charge is -2.16. The van der Waals surface area contributed by atoms with E-state index in [9.17, 15) is 0 Å². The van der Waals surface area contributed by atoms with Crippen LogP contribution in [0.5, 0.6) is 0 Å². The number of hydrogen-bond donors (Lipinski definition) is 0. The van der Waals surface area contributed by atoms with Gasteiger partial charge in [0.15, 0.2) is 0 Å². The predicted octanol–water partition coefficient (Wildman–Crippen LogP) is 2.42. The van der Waals surface area contributed by atoms with Crippen molar-refractivity contribution in [1.29, 1.82) is 0 Å². The van der Waals surface area contributed by atoms with Crippen LogP contribution in [0.1, 0.15) is 0 Å². The number of hydrogen-bond acceptors (Lipinski definition) is 1.